The Morgan fingerprint density at radius 1 is 1.03 bits per heavy atom. The molecule has 0 unspecified atom stereocenters. The summed E-state index contributed by atoms with van der Waals surface area (Å²) in [6.45, 7) is 5.90. The van der Waals surface area contributed by atoms with E-state index in [1.807, 2.05) is 44.3 Å². The Balaban J connectivity index is 1.40. The molecule has 1 aliphatic rings. The normalized spacial score (nSPS) is 14.6. The molecule has 10 heteroatoms. The Hall–Kier alpha value is -4.21. The Morgan fingerprint density at radius 2 is 1.78 bits per heavy atom. The lowest BCUT2D eigenvalue weighted by molar-refractivity contribution is 0.122. The molecule has 5 rings (SSSR count). The third-order valence-corrected chi connectivity index (χ3v) is 7.33. The molecule has 0 radical (unpaired) electrons. The first-order valence-electron chi connectivity index (χ1n) is 12.5. The van der Waals surface area contributed by atoms with Gasteiger partial charge in [0.1, 0.15) is 11.5 Å². The van der Waals surface area contributed by atoms with Crippen molar-refractivity contribution in [1.82, 2.24) is 24.2 Å². The summed E-state index contributed by atoms with van der Waals surface area (Å²) >= 11 is 0. The highest BCUT2D eigenvalue weighted by molar-refractivity contribution is 5.83. The minimum Gasteiger partial charge on any atom is -0.508 e. The Labute approximate surface area is 214 Å². The third kappa shape index (κ3) is 4.66. The number of aryl methyl sites for hydroxylation is 1. The van der Waals surface area contributed by atoms with Crippen LogP contribution in [0.25, 0.3) is 28.0 Å². The van der Waals surface area contributed by atoms with Crippen LogP contribution in [0.5, 0.6) is 17.5 Å². The van der Waals surface area contributed by atoms with Gasteiger partial charge < -0.3 is 29.9 Å². The van der Waals surface area contributed by atoms with Gasteiger partial charge in [-0.05, 0) is 67.0 Å². The van der Waals surface area contributed by atoms with E-state index in [0.717, 1.165) is 36.7 Å². The fourth-order valence-electron chi connectivity index (χ4n) is 5.18. The number of nitrogens with zero attached hydrogens (tertiary/aromatic N) is 5. The number of carbonyl (C=O) groups is 1. The van der Waals surface area contributed by atoms with Crippen LogP contribution in [0.3, 0.4) is 0 Å². The average molecular weight is 506 g/mol. The quantitative estimate of drug-likeness (QED) is 0.292. The molecule has 0 spiro atoms. The van der Waals surface area contributed by atoms with Gasteiger partial charge in [0.2, 0.25) is 0 Å². The fraction of sp³-hybridized carbons (Fsp3) is 0.370. The molecule has 0 atom stereocenters. The number of piperidine rings is 1. The number of phenols is 2. The van der Waals surface area contributed by atoms with E-state index >= 15 is 0 Å². The summed E-state index contributed by atoms with van der Waals surface area (Å²) in [6, 6.07) is 10.5. The van der Waals surface area contributed by atoms with Gasteiger partial charge in [0, 0.05) is 42.8 Å². The van der Waals surface area contributed by atoms with Crippen molar-refractivity contribution < 1.29 is 25.2 Å². The van der Waals surface area contributed by atoms with Crippen LogP contribution in [0.2, 0.25) is 0 Å². The standard InChI is InChI=1S/C27H31N5O5/c1-16(2)20-14-21(24(34)15-23(20)33)25-28-29-26(35)32(25)19-3-4-22-18(13-19)8-12-30(22)9-5-17-6-10-31(11-7-17)27(36)37/h3-4,8,12-17,33-34H,5-7,9-11H2,1-2H3,(H,29,35)(H,36,37). The molecule has 0 bridgehead atoms. The molecule has 1 amide bonds. The zero-order valence-corrected chi connectivity index (χ0v) is 20.9. The van der Waals surface area contributed by atoms with E-state index in [-0.39, 0.29) is 29.3 Å². The van der Waals surface area contributed by atoms with Crippen molar-refractivity contribution in [3.05, 3.63) is 48.2 Å². The number of likely N-dealkylation sites (tertiary alicyclic amines) is 1. The van der Waals surface area contributed by atoms with E-state index in [1.54, 1.807) is 6.07 Å². The Morgan fingerprint density at radius 3 is 2.49 bits per heavy atom. The number of carboxylic acid groups (broad SMARTS) is 1. The molecular weight excluding hydrogens is 474 g/mol. The van der Waals surface area contributed by atoms with Gasteiger partial charge in [-0.2, -0.15) is 0 Å². The lowest BCUT2D eigenvalue weighted by Crippen LogP contribution is -2.37. The molecule has 194 valence electrons. The summed E-state index contributed by atoms with van der Waals surface area (Å²) in [5.74, 6) is 0.629. The van der Waals surface area contributed by atoms with Crippen LogP contribution < -0.4 is 0 Å². The molecule has 4 N–H and O–H groups in total. The topological polar surface area (TPSA) is 137 Å². The number of hydrogen-bond donors (Lipinski definition) is 4. The van der Waals surface area contributed by atoms with Crippen molar-refractivity contribution in [2.75, 3.05) is 13.1 Å². The van der Waals surface area contributed by atoms with Crippen molar-refractivity contribution in [3.63, 3.8) is 0 Å². The summed E-state index contributed by atoms with van der Waals surface area (Å²) in [6.07, 6.45) is 3.94. The minimum absolute atomic E-state index is 0.00161. The van der Waals surface area contributed by atoms with Crippen molar-refractivity contribution >= 4 is 17.0 Å². The molecule has 2 aromatic heterocycles. The number of fused-ring (bicyclic) bond motifs is 1. The molecule has 0 saturated carbocycles. The van der Waals surface area contributed by atoms with Crippen molar-refractivity contribution in [3.8, 4) is 34.6 Å². The first-order chi connectivity index (χ1) is 17.7. The van der Waals surface area contributed by atoms with E-state index in [1.165, 1.54) is 15.5 Å². The maximum Gasteiger partial charge on any atom is 0.407 e. The van der Waals surface area contributed by atoms with E-state index in [4.69, 9.17) is 5.11 Å². The first kappa shape index (κ1) is 24.5. The molecule has 37 heavy (non-hydrogen) atoms. The highest BCUT2D eigenvalue weighted by atomic mass is 16.4. The Kier molecular flexibility index (Phi) is 6.41. The van der Waals surface area contributed by atoms with Gasteiger partial charge in [0.25, 0.3) is 0 Å². The van der Waals surface area contributed by atoms with Crippen LogP contribution in [0, 0.1) is 5.92 Å². The summed E-state index contributed by atoms with van der Waals surface area (Å²) in [4.78, 5) is 12.6. The van der Waals surface area contributed by atoms with Crippen molar-refractivity contribution in [2.45, 2.75) is 45.6 Å². The first-order valence-corrected chi connectivity index (χ1v) is 12.5. The summed E-state index contributed by atoms with van der Waals surface area (Å²) in [7, 11) is 0. The summed E-state index contributed by atoms with van der Waals surface area (Å²) in [5.41, 5.74) is 2.71. The number of rotatable bonds is 6. The number of aromatic hydroxyl groups is 3. The van der Waals surface area contributed by atoms with Crippen LogP contribution in [-0.4, -0.2) is 63.8 Å². The molecule has 1 fully saturated rings. The van der Waals surface area contributed by atoms with E-state index in [2.05, 4.69) is 14.8 Å². The molecule has 1 aliphatic heterocycles. The summed E-state index contributed by atoms with van der Waals surface area (Å²) in [5, 5.41) is 49.4. The molecule has 0 aliphatic carbocycles. The molecule has 3 heterocycles. The number of phenolic OH excluding ortho intramolecular Hbond substituents is 2. The van der Waals surface area contributed by atoms with Crippen molar-refractivity contribution in [1.29, 1.82) is 0 Å². The number of hydrogen-bond acceptors (Lipinski definition) is 6. The van der Waals surface area contributed by atoms with Crippen LogP contribution in [0.15, 0.2) is 42.6 Å². The predicted molar refractivity (Wildman–Crippen MR) is 138 cm³/mol. The van der Waals surface area contributed by atoms with Gasteiger partial charge in [-0.15, -0.1) is 5.10 Å². The van der Waals surface area contributed by atoms with Gasteiger partial charge in [-0.3, -0.25) is 0 Å². The maximum absolute atomic E-state index is 11.1. The monoisotopic (exact) mass is 505 g/mol. The van der Waals surface area contributed by atoms with Gasteiger partial charge in [0.05, 0.1) is 11.3 Å². The zero-order chi connectivity index (χ0) is 26.3. The molecule has 2 aromatic carbocycles. The average Bonchev–Trinajstić information content (AvgIpc) is 3.45. The minimum atomic E-state index is -0.839. The maximum atomic E-state index is 11.1. The molecular formula is C27H31N5O5. The largest absolute Gasteiger partial charge is 0.508 e. The predicted octanol–water partition coefficient (Wildman–Crippen LogP) is 4.91. The van der Waals surface area contributed by atoms with Crippen LogP contribution >= 0.6 is 0 Å². The number of benzene rings is 2. The summed E-state index contributed by atoms with van der Waals surface area (Å²) < 4.78 is 3.67. The molecule has 10 nitrogen and oxygen atoms in total. The highest BCUT2D eigenvalue weighted by Gasteiger charge is 2.23. The van der Waals surface area contributed by atoms with Crippen LogP contribution in [0.1, 0.15) is 44.6 Å². The van der Waals surface area contributed by atoms with E-state index in [9.17, 15) is 20.1 Å². The van der Waals surface area contributed by atoms with Gasteiger partial charge in [-0.1, -0.05) is 18.9 Å². The van der Waals surface area contributed by atoms with Crippen LogP contribution in [0.4, 0.5) is 4.79 Å². The molecule has 1 saturated heterocycles. The lowest BCUT2D eigenvalue weighted by Gasteiger charge is -2.30. The van der Waals surface area contributed by atoms with E-state index < -0.39 is 6.09 Å². The zero-order valence-electron chi connectivity index (χ0n) is 20.9. The lowest BCUT2D eigenvalue weighted by atomic mass is 9.94. The second-order valence-corrected chi connectivity index (χ2v) is 10.00. The van der Waals surface area contributed by atoms with Gasteiger partial charge in [-0.25, -0.2) is 9.36 Å². The second kappa shape index (κ2) is 9.68. The SMILES string of the molecule is CC(C)c1cc(-c2nnc(O)n2-c2ccc3c(ccn3CCC3CCN(C(=O)O)CC3)c2)c(O)cc1O. The number of amides is 1. The van der Waals surface area contributed by atoms with Gasteiger partial charge in [0.15, 0.2) is 5.82 Å². The Bertz CT molecular complexity index is 1450. The van der Waals surface area contributed by atoms with Crippen LogP contribution in [-0.2, 0) is 6.54 Å². The highest BCUT2D eigenvalue weighted by Crippen LogP contribution is 2.39. The smallest absolute Gasteiger partial charge is 0.407 e. The number of aromatic nitrogens is 4. The second-order valence-electron chi connectivity index (χ2n) is 10.00. The van der Waals surface area contributed by atoms with Gasteiger partial charge >= 0.3 is 12.1 Å². The van der Waals surface area contributed by atoms with Crippen molar-refractivity contribution in [2.24, 2.45) is 5.92 Å². The molecule has 4 aromatic rings. The third-order valence-electron chi connectivity index (χ3n) is 7.33. The fourth-order valence-corrected chi connectivity index (χ4v) is 5.18. The van der Waals surface area contributed by atoms with E-state index in [0.29, 0.717) is 35.8 Å².